The van der Waals surface area contributed by atoms with E-state index in [1.807, 2.05) is 0 Å². The third-order valence-electron chi connectivity index (χ3n) is 4.13. The van der Waals surface area contributed by atoms with Crippen LogP contribution >= 0.6 is 0 Å². The number of rotatable bonds is 5. The highest BCUT2D eigenvalue weighted by atomic mass is 19.1. The predicted octanol–water partition coefficient (Wildman–Crippen LogP) is 1.89. The maximum Gasteiger partial charge on any atom is 0.251 e. The molecule has 3 N–H and O–H groups in total. The van der Waals surface area contributed by atoms with Crippen LogP contribution in [0, 0.1) is 5.82 Å². The van der Waals surface area contributed by atoms with Gasteiger partial charge in [-0.3, -0.25) is 9.59 Å². The Morgan fingerprint density at radius 2 is 1.92 bits per heavy atom. The number of carbonyl (C=O) groups excluding carboxylic acids is 2. The van der Waals surface area contributed by atoms with E-state index in [0.29, 0.717) is 30.9 Å². The van der Waals surface area contributed by atoms with Gasteiger partial charge in [-0.2, -0.15) is 0 Å². The highest BCUT2D eigenvalue weighted by molar-refractivity contribution is 5.94. The molecule has 2 aromatic carbocycles. The lowest BCUT2D eigenvalue weighted by Crippen LogP contribution is -2.51. The van der Waals surface area contributed by atoms with E-state index in [1.165, 1.54) is 18.2 Å². The summed E-state index contributed by atoms with van der Waals surface area (Å²) in [5, 5.41) is 2.88. The van der Waals surface area contributed by atoms with E-state index in [9.17, 15) is 14.0 Å². The average molecular weight is 358 g/mol. The van der Waals surface area contributed by atoms with Crippen molar-refractivity contribution in [2.75, 3.05) is 13.2 Å². The van der Waals surface area contributed by atoms with Gasteiger partial charge in [0.05, 0.1) is 12.6 Å². The van der Waals surface area contributed by atoms with Gasteiger partial charge in [0, 0.05) is 17.7 Å². The van der Waals surface area contributed by atoms with Gasteiger partial charge in [0.15, 0.2) is 0 Å². The minimum Gasteiger partial charge on any atom is -0.486 e. The molecule has 1 heterocycles. The van der Waals surface area contributed by atoms with Crippen LogP contribution < -0.4 is 15.8 Å². The van der Waals surface area contributed by atoms with Gasteiger partial charge in [0.25, 0.3) is 5.91 Å². The molecule has 1 aliphatic rings. The molecule has 1 aliphatic heterocycles. The van der Waals surface area contributed by atoms with E-state index in [2.05, 4.69) is 5.32 Å². The summed E-state index contributed by atoms with van der Waals surface area (Å²) in [6, 6.07) is 11.7. The second kappa shape index (κ2) is 7.97. The second-order valence-corrected chi connectivity index (χ2v) is 6.00. The molecular weight excluding hydrogens is 339 g/mol. The van der Waals surface area contributed by atoms with Crippen LogP contribution in [0.15, 0.2) is 48.5 Å². The summed E-state index contributed by atoms with van der Waals surface area (Å²) >= 11 is 0. The van der Waals surface area contributed by atoms with Gasteiger partial charge in [-0.05, 0) is 48.9 Å². The van der Waals surface area contributed by atoms with Crippen molar-refractivity contribution in [3.8, 4) is 5.75 Å². The average Bonchev–Trinajstić information content (AvgIpc) is 2.64. The summed E-state index contributed by atoms with van der Waals surface area (Å²) in [4.78, 5) is 23.5. The van der Waals surface area contributed by atoms with E-state index < -0.39 is 17.8 Å². The molecule has 2 atom stereocenters. The lowest BCUT2D eigenvalue weighted by atomic mass is 10.0. The third-order valence-corrected chi connectivity index (χ3v) is 4.13. The zero-order valence-corrected chi connectivity index (χ0v) is 14.0. The Morgan fingerprint density at radius 3 is 2.62 bits per heavy atom. The fourth-order valence-electron chi connectivity index (χ4n) is 2.75. The van der Waals surface area contributed by atoms with Gasteiger partial charge in [0.1, 0.15) is 17.7 Å². The number of nitrogens with one attached hydrogen (secondary N) is 1. The molecule has 0 bridgehead atoms. The highest BCUT2D eigenvalue weighted by Gasteiger charge is 2.29. The number of primary amides is 1. The molecular formula is C19H19FN2O4. The summed E-state index contributed by atoms with van der Waals surface area (Å²) in [5.74, 6) is -0.811. The Labute approximate surface area is 150 Å². The van der Waals surface area contributed by atoms with Crippen LogP contribution in [0.4, 0.5) is 4.39 Å². The maximum absolute atomic E-state index is 13.3. The number of halogens is 1. The molecule has 136 valence electrons. The number of amides is 2. The SMILES string of the molecule is NC(=O)c1ccc(O[C@@H]2COCC[C@H]2NC(=O)c2cccc(F)c2)cc1. The van der Waals surface area contributed by atoms with Gasteiger partial charge >= 0.3 is 0 Å². The van der Waals surface area contributed by atoms with E-state index in [1.54, 1.807) is 30.3 Å². The predicted molar refractivity (Wildman–Crippen MR) is 92.5 cm³/mol. The smallest absolute Gasteiger partial charge is 0.251 e. The molecule has 26 heavy (non-hydrogen) atoms. The summed E-state index contributed by atoms with van der Waals surface area (Å²) < 4.78 is 24.6. The largest absolute Gasteiger partial charge is 0.486 e. The van der Waals surface area contributed by atoms with Crippen molar-refractivity contribution >= 4 is 11.8 Å². The number of benzene rings is 2. The van der Waals surface area contributed by atoms with Crippen LogP contribution in [0.25, 0.3) is 0 Å². The standard InChI is InChI=1S/C19H19FN2O4/c20-14-3-1-2-13(10-14)19(24)22-16-8-9-25-11-17(16)26-15-6-4-12(5-7-15)18(21)23/h1-7,10,16-17H,8-9,11H2,(H2,21,23)(H,22,24)/t16-,17-/m1/s1. The zero-order valence-electron chi connectivity index (χ0n) is 14.0. The van der Waals surface area contributed by atoms with Crippen molar-refractivity contribution < 1.29 is 23.5 Å². The first-order valence-corrected chi connectivity index (χ1v) is 8.23. The highest BCUT2D eigenvalue weighted by Crippen LogP contribution is 2.19. The van der Waals surface area contributed by atoms with Crippen LogP contribution in [-0.4, -0.2) is 37.2 Å². The third kappa shape index (κ3) is 4.37. The van der Waals surface area contributed by atoms with Crippen molar-refractivity contribution in [1.29, 1.82) is 0 Å². The second-order valence-electron chi connectivity index (χ2n) is 6.00. The van der Waals surface area contributed by atoms with E-state index >= 15 is 0 Å². The first kappa shape index (κ1) is 17.9. The molecule has 0 aromatic heterocycles. The Kier molecular flexibility index (Phi) is 5.48. The molecule has 2 amide bonds. The van der Waals surface area contributed by atoms with Gasteiger partial charge in [0.2, 0.25) is 5.91 Å². The van der Waals surface area contributed by atoms with Crippen molar-refractivity contribution in [2.24, 2.45) is 5.73 Å². The van der Waals surface area contributed by atoms with Crippen LogP contribution in [0.2, 0.25) is 0 Å². The van der Waals surface area contributed by atoms with Crippen LogP contribution in [0.1, 0.15) is 27.1 Å². The van der Waals surface area contributed by atoms with Crippen molar-refractivity contribution in [3.05, 3.63) is 65.5 Å². The quantitative estimate of drug-likeness (QED) is 0.854. The number of carbonyl (C=O) groups is 2. The van der Waals surface area contributed by atoms with Crippen molar-refractivity contribution in [1.82, 2.24) is 5.32 Å². The molecule has 7 heteroatoms. The fraction of sp³-hybridized carbons (Fsp3) is 0.263. The minimum atomic E-state index is -0.516. The van der Waals surface area contributed by atoms with Gasteiger partial charge in [-0.15, -0.1) is 0 Å². The normalized spacial score (nSPS) is 19.6. The molecule has 1 fully saturated rings. The molecule has 0 unspecified atom stereocenters. The lowest BCUT2D eigenvalue weighted by Gasteiger charge is -2.32. The minimum absolute atomic E-state index is 0.251. The van der Waals surface area contributed by atoms with Gasteiger partial charge < -0.3 is 20.5 Å². The molecule has 0 saturated carbocycles. The van der Waals surface area contributed by atoms with Crippen LogP contribution in [-0.2, 0) is 4.74 Å². The van der Waals surface area contributed by atoms with Crippen molar-refractivity contribution in [2.45, 2.75) is 18.6 Å². The molecule has 2 aromatic rings. The first-order chi connectivity index (χ1) is 12.5. The van der Waals surface area contributed by atoms with Crippen LogP contribution in [0.5, 0.6) is 5.75 Å². The topological polar surface area (TPSA) is 90.7 Å². The fourth-order valence-corrected chi connectivity index (χ4v) is 2.75. The molecule has 0 radical (unpaired) electrons. The van der Waals surface area contributed by atoms with Gasteiger partial charge in [-0.25, -0.2) is 4.39 Å². The summed E-state index contributed by atoms with van der Waals surface area (Å²) in [5.41, 5.74) is 5.85. The summed E-state index contributed by atoms with van der Waals surface area (Å²) in [6.07, 6.45) is 0.172. The molecule has 1 saturated heterocycles. The van der Waals surface area contributed by atoms with Crippen molar-refractivity contribution in [3.63, 3.8) is 0 Å². The Morgan fingerprint density at radius 1 is 1.15 bits per heavy atom. The first-order valence-electron chi connectivity index (χ1n) is 8.23. The molecule has 0 aliphatic carbocycles. The van der Waals surface area contributed by atoms with Gasteiger partial charge in [-0.1, -0.05) is 6.07 Å². The number of nitrogens with two attached hydrogens (primary N) is 1. The zero-order chi connectivity index (χ0) is 18.5. The molecule has 0 spiro atoms. The van der Waals surface area contributed by atoms with Crippen LogP contribution in [0.3, 0.4) is 0 Å². The number of ether oxygens (including phenoxy) is 2. The molecule has 3 rings (SSSR count). The maximum atomic E-state index is 13.3. The Bertz CT molecular complexity index is 794. The Hall–Kier alpha value is -2.93. The molecule has 6 nitrogen and oxygen atoms in total. The van der Waals surface area contributed by atoms with E-state index in [-0.39, 0.29) is 17.5 Å². The van der Waals surface area contributed by atoms with E-state index in [4.69, 9.17) is 15.2 Å². The number of hydrogen-bond acceptors (Lipinski definition) is 4. The summed E-state index contributed by atoms with van der Waals surface area (Å²) in [7, 11) is 0. The Balaban J connectivity index is 1.67. The summed E-state index contributed by atoms with van der Waals surface area (Å²) in [6.45, 7) is 0.806. The lowest BCUT2D eigenvalue weighted by molar-refractivity contribution is -0.0135. The monoisotopic (exact) mass is 358 g/mol. The number of hydrogen-bond donors (Lipinski definition) is 2. The van der Waals surface area contributed by atoms with E-state index in [0.717, 1.165) is 0 Å².